The van der Waals surface area contributed by atoms with E-state index in [1.807, 2.05) is 13.8 Å². The van der Waals surface area contributed by atoms with Crippen molar-refractivity contribution >= 4 is 11.9 Å². The smallest absolute Gasteiger partial charge is 0.307 e. The van der Waals surface area contributed by atoms with Crippen LogP contribution in [0.3, 0.4) is 0 Å². The summed E-state index contributed by atoms with van der Waals surface area (Å²) in [7, 11) is 4.14. The number of nitrogens with zero attached hydrogens (tertiary/aromatic N) is 1. The highest BCUT2D eigenvalue weighted by Crippen LogP contribution is 2.58. The van der Waals surface area contributed by atoms with E-state index in [9.17, 15) is 14.7 Å². The van der Waals surface area contributed by atoms with Gasteiger partial charge in [0.2, 0.25) is 5.91 Å². The molecule has 2 saturated carbocycles. The van der Waals surface area contributed by atoms with Gasteiger partial charge in [-0.05, 0) is 32.4 Å². The molecule has 5 nitrogen and oxygen atoms in total. The summed E-state index contributed by atoms with van der Waals surface area (Å²) < 4.78 is 0. The van der Waals surface area contributed by atoms with E-state index in [2.05, 4.69) is 24.3 Å². The van der Waals surface area contributed by atoms with Gasteiger partial charge in [-0.15, -0.1) is 0 Å². The van der Waals surface area contributed by atoms with Crippen molar-refractivity contribution in [2.45, 2.75) is 51.5 Å². The second-order valence-corrected chi connectivity index (χ2v) is 7.51. The minimum Gasteiger partial charge on any atom is -0.481 e. The maximum Gasteiger partial charge on any atom is 0.307 e. The monoisotopic (exact) mass is 296 g/mol. The van der Waals surface area contributed by atoms with Gasteiger partial charge in [-0.25, -0.2) is 0 Å². The third kappa shape index (κ3) is 2.93. The van der Waals surface area contributed by atoms with E-state index >= 15 is 0 Å². The number of amides is 1. The average Bonchev–Trinajstić information content (AvgIpc) is 3.00. The van der Waals surface area contributed by atoms with Crippen LogP contribution in [0.15, 0.2) is 0 Å². The lowest BCUT2D eigenvalue weighted by atomic mass is 9.80. The largest absolute Gasteiger partial charge is 0.481 e. The first-order valence-corrected chi connectivity index (χ1v) is 7.90. The van der Waals surface area contributed by atoms with Gasteiger partial charge < -0.3 is 15.3 Å². The van der Waals surface area contributed by atoms with E-state index in [0.717, 1.165) is 12.8 Å². The zero-order valence-electron chi connectivity index (χ0n) is 13.6. The molecule has 2 aliphatic carbocycles. The summed E-state index contributed by atoms with van der Waals surface area (Å²) in [5, 5.41) is 12.2. The molecule has 1 amide bonds. The highest BCUT2D eigenvalue weighted by molar-refractivity contribution is 5.91. The highest BCUT2D eigenvalue weighted by atomic mass is 16.4. The van der Waals surface area contributed by atoms with Crippen LogP contribution in [0.25, 0.3) is 0 Å². The Kier molecular flexibility index (Phi) is 4.34. The first-order valence-electron chi connectivity index (χ1n) is 7.90. The molecule has 0 unspecified atom stereocenters. The lowest BCUT2D eigenvalue weighted by molar-refractivity contribution is -0.140. The fourth-order valence-electron chi connectivity index (χ4n) is 3.94. The first kappa shape index (κ1) is 16.3. The molecular weight excluding hydrogens is 268 g/mol. The molecule has 2 N–H and O–H groups in total. The Labute approximate surface area is 127 Å². The van der Waals surface area contributed by atoms with Crippen LogP contribution in [0.2, 0.25) is 0 Å². The summed E-state index contributed by atoms with van der Waals surface area (Å²) in [5.74, 6) is -1.89. The number of carbonyl (C=O) groups is 2. The van der Waals surface area contributed by atoms with Crippen molar-refractivity contribution in [3.05, 3.63) is 0 Å². The van der Waals surface area contributed by atoms with Gasteiger partial charge in [0.05, 0.1) is 11.8 Å². The Balaban J connectivity index is 1.96. The summed E-state index contributed by atoms with van der Waals surface area (Å²) in [6.45, 7) is 4.34. The molecule has 0 heterocycles. The van der Waals surface area contributed by atoms with E-state index in [4.69, 9.17) is 0 Å². The topological polar surface area (TPSA) is 69.6 Å². The van der Waals surface area contributed by atoms with Crippen LogP contribution >= 0.6 is 0 Å². The van der Waals surface area contributed by atoms with Gasteiger partial charge in [-0.3, -0.25) is 9.59 Å². The molecule has 0 saturated heterocycles. The van der Waals surface area contributed by atoms with Crippen molar-refractivity contribution in [1.29, 1.82) is 0 Å². The van der Waals surface area contributed by atoms with Gasteiger partial charge in [0.1, 0.15) is 0 Å². The second-order valence-electron chi connectivity index (χ2n) is 7.51. The van der Waals surface area contributed by atoms with Crippen molar-refractivity contribution in [3.63, 3.8) is 0 Å². The zero-order chi connectivity index (χ0) is 15.8. The van der Waals surface area contributed by atoms with Crippen LogP contribution in [0.5, 0.6) is 0 Å². The molecule has 0 aromatic heterocycles. The fraction of sp³-hybridized carbons (Fsp3) is 0.875. The summed E-state index contributed by atoms with van der Waals surface area (Å²) in [5.41, 5.74) is -0.389. The molecule has 0 aliphatic heterocycles. The minimum atomic E-state index is -0.861. The predicted molar refractivity (Wildman–Crippen MR) is 80.9 cm³/mol. The van der Waals surface area contributed by atoms with Crippen LogP contribution in [0.1, 0.15) is 46.0 Å². The van der Waals surface area contributed by atoms with Crippen LogP contribution in [0.4, 0.5) is 0 Å². The number of carboxylic acid groups (broad SMARTS) is 1. The number of likely N-dealkylation sites (N-methyl/N-ethyl adjacent to an activating group) is 1. The lowest BCUT2D eigenvalue weighted by Crippen LogP contribution is -2.54. The molecule has 2 atom stereocenters. The van der Waals surface area contributed by atoms with Crippen molar-refractivity contribution < 1.29 is 14.7 Å². The highest BCUT2D eigenvalue weighted by Gasteiger charge is 2.65. The summed E-state index contributed by atoms with van der Waals surface area (Å²) >= 11 is 0. The third-order valence-electron chi connectivity index (χ3n) is 5.70. The van der Waals surface area contributed by atoms with Gasteiger partial charge in [-0.2, -0.15) is 0 Å². The van der Waals surface area contributed by atoms with Crippen LogP contribution in [-0.4, -0.2) is 48.1 Å². The SMILES string of the molecule is CN(C)C1(CNC(=O)[C@@H]2[C@H](C(=O)O)C2(C)C)CCCCC1. The molecule has 0 spiro atoms. The van der Waals surface area contributed by atoms with Crippen molar-refractivity contribution in [1.82, 2.24) is 10.2 Å². The molecule has 0 aromatic carbocycles. The first-order chi connectivity index (χ1) is 9.72. The van der Waals surface area contributed by atoms with Crippen molar-refractivity contribution in [3.8, 4) is 0 Å². The Morgan fingerprint density at radius 2 is 1.71 bits per heavy atom. The number of carbonyl (C=O) groups excluding carboxylic acids is 1. The number of nitrogens with one attached hydrogen (secondary N) is 1. The van der Waals surface area contributed by atoms with Gasteiger partial charge in [0, 0.05) is 12.1 Å². The number of rotatable bonds is 5. The van der Waals surface area contributed by atoms with Gasteiger partial charge in [0.15, 0.2) is 0 Å². The Morgan fingerprint density at radius 3 is 2.14 bits per heavy atom. The summed E-state index contributed by atoms with van der Waals surface area (Å²) in [6, 6.07) is 0. The van der Waals surface area contributed by atoms with Crippen LogP contribution < -0.4 is 5.32 Å². The lowest BCUT2D eigenvalue weighted by Gasteiger charge is -2.43. The van der Waals surface area contributed by atoms with E-state index < -0.39 is 23.2 Å². The quantitative estimate of drug-likeness (QED) is 0.810. The molecule has 21 heavy (non-hydrogen) atoms. The van der Waals surface area contributed by atoms with Gasteiger partial charge in [0.25, 0.3) is 0 Å². The van der Waals surface area contributed by atoms with Crippen LogP contribution in [0, 0.1) is 17.3 Å². The molecule has 0 aromatic rings. The second kappa shape index (κ2) is 5.59. The van der Waals surface area contributed by atoms with Gasteiger partial charge in [-0.1, -0.05) is 33.1 Å². The number of hydrogen-bond acceptors (Lipinski definition) is 3. The van der Waals surface area contributed by atoms with Crippen molar-refractivity contribution in [2.24, 2.45) is 17.3 Å². The molecule has 2 rings (SSSR count). The van der Waals surface area contributed by atoms with Gasteiger partial charge >= 0.3 is 5.97 Å². The van der Waals surface area contributed by atoms with E-state index in [1.54, 1.807) is 0 Å². The molecule has 2 aliphatic rings. The Morgan fingerprint density at radius 1 is 1.14 bits per heavy atom. The Hall–Kier alpha value is -1.10. The summed E-state index contributed by atoms with van der Waals surface area (Å²) in [6.07, 6.45) is 5.84. The maximum atomic E-state index is 12.4. The molecule has 2 fully saturated rings. The molecule has 0 bridgehead atoms. The molecule has 5 heteroatoms. The van der Waals surface area contributed by atoms with E-state index in [-0.39, 0.29) is 11.4 Å². The predicted octanol–water partition coefficient (Wildman–Crippen LogP) is 1.72. The molecule has 0 radical (unpaired) electrons. The van der Waals surface area contributed by atoms with Crippen LogP contribution in [-0.2, 0) is 9.59 Å². The average molecular weight is 296 g/mol. The number of hydrogen-bond donors (Lipinski definition) is 2. The van der Waals surface area contributed by atoms with E-state index in [0.29, 0.717) is 6.54 Å². The van der Waals surface area contributed by atoms with Crippen molar-refractivity contribution in [2.75, 3.05) is 20.6 Å². The number of aliphatic carboxylic acids is 1. The Bertz CT molecular complexity index is 425. The normalized spacial score (nSPS) is 30.0. The molecule has 120 valence electrons. The molecular formula is C16H28N2O3. The minimum absolute atomic E-state index is 0.0334. The third-order valence-corrected chi connectivity index (χ3v) is 5.70. The fourth-order valence-corrected chi connectivity index (χ4v) is 3.94. The standard InChI is InChI=1S/C16H28N2O3/c1-15(2)11(12(15)14(20)21)13(19)17-10-16(18(3)4)8-6-5-7-9-16/h11-12H,5-10H2,1-4H3,(H,17,19)(H,20,21)/t11-,12+/m0/s1. The zero-order valence-corrected chi connectivity index (χ0v) is 13.6. The maximum absolute atomic E-state index is 12.4. The van der Waals surface area contributed by atoms with E-state index in [1.165, 1.54) is 19.3 Å². The number of carboxylic acids is 1. The summed E-state index contributed by atoms with van der Waals surface area (Å²) in [4.78, 5) is 25.8.